The molecule has 0 spiro atoms. The minimum atomic E-state index is -0.797. The lowest BCUT2D eigenvalue weighted by molar-refractivity contribution is -0.00856. The van der Waals surface area contributed by atoms with E-state index in [2.05, 4.69) is 28.2 Å². The molecule has 1 saturated carbocycles. The van der Waals surface area contributed by atoms with E-state index in [-0.39, 0.29) is 0 Å². The third kappa shape index (κ3) is 1.97. The van der Waals surface area contributed by atoms with Crippen LogP contribution in [0.25, 0.3) is 10.7 Å². The van der Waals surface area contributed by atoms with Crippen molar-refractivity contribution in [2.45, 2.75) is 44.6 Å². The van der Waals surface area contributed by atoms with Gasteiger partial charge in [-0.1, -0.05) is 19.3 Å². The third-order valence-electron chi connectivity index (χ3n) is 3.67. The first-order valence-electron chi connectivity index (χ1n) is 6.39. The summed E-state index contributed by atoms with van der Waals surface area (Å²) >= 11 is 1.63. The van der Waals surface area contributed by atoms with Gasteiger partial charge in [0.25, 0.3) is 0 Å². The summed E-state index contributed by atoms with van der Waals surface area (Å²) in [5, 5.41) is 19.8. The van der Waals surface area contributed by atoms with E-state index in [1.807, 2.05) is 5.38 Å². The van der Waals surface area contributed by atoms with E-state index in [0.29, 0.717) is 11.6 Å². The Labute approximate surface area is 110 Å². The third-order valence-corrected chi connectivity index (χ3v) is 4.68. The number of thiophene rings is 1. The Morgan fingerprint density at radius 1 is 1.33 bits per heavy atom. The maximum absolute atomic E-state index is 10.6. The Kier molecular flexibility index (Phi) is 2.95. The van der Waals surface area contributed by atoms with Crippen molar-refractivity contribution in [1.29, 1.82) is 0 Å². The number of nitrogens with one attached hydrogen (secondary N) is 1. The fourth-order valence-electron chi connectivity index (χ4n) is 2.55. The Morgan fingerprint density at radius 3 is 2.78 bits per heavy atom. The van der Waals surface area contributed by atoms with Crippen LogP contribution >= 0.6 is 11.3 Å². The van der Waals surface area contributed by atoms with Crippen LogP contribution in [0, 0.1) is 6.92 Å². The summed E-state index contributed by atoms with van der Waals surface area (Å²) in [6.45, 7) is 2.05. The van der Waals surface area contributed by atoms with Gasteiger partial charge in [-0.3, -0.25) is 5.10 Å². The number of nitrogens with zero attached hydrogens (tertiary/aromatic N) is 2. The van der Waals surface area contributed by atoms with Crippen LogP contribution in [-0.2, 0) is 5.60 Å². The highest BCUT2D eigenvalue weighted by Gasteiger charge is 2.34. The standard InChI is InChI=1S/C13H17N3OS/c1-9-5-8-18-10(9)11-14-12(16-15-11)13(17)6-3-2-4-7-13/h5,8,17H,2-4,6-7H2,1H3,(H,14,15,16). The van der Waals surface area contributed by atoms with Crippen molar-refractivity contribution in [3.8, 4) is 10.7 Å². The topological polar surface area (TPSA) is 61.8 Å². The molecule has 2 N–H and O–H groups in total. The number of hydrogen-bond acceptors (Lipinski definition) is 4. The zero-order valence-electron chi connectivity index (χ0n) is 10.4. The summed E-state index contributed by atoms with van der Waals surface area (Å²) in [4.78, 5) is 5.58. The van der Waals surface area contributed by atoms with Crippen molar-refractivity contribution in [2.75, 3.05) is 0 Å². The van der Waals surface area contributed by atoms with Crippen LogP contribution in [0.1, 0.15) is 43.5 Å². The molecule has 2 heterocycles. The predicted molar refractivity (Wildman–Crippen MR) is 71.4 cm³/mol. The summed E-state index contributed by atoms with van der Waals surface area (Å²) in [6.07, 6.45) is 4.89. The van der Waals surface area contributed by atoms with Crippen molar-refractivity contribution in [3.05, 3.63) is 22.8 Å². The van der Waals surface area contributed by atoms with Gasteiger partial charge >= 0.3 is 0 Å². The fourth-order valence-corrected chi connectivity index (χ4v) is 3.41. The highest BCUT2D eigenvalue weighted by molar-refractivity contribution is 7.13. The number of aromatic nitrogens is 3. The van der Waals surface area contributed by atoms with Gasteiger partial charge in [0.1, 0.15) is 5.60 Å². The second kappa shape index (κ2) is 4.48. The SMILES string of the molecule is Cc1ccsc1-c1n[nH]c(C2(O)CCCCC2)n1. The molecule has 0 unspecified atom stereocenters. The summed E-state index contributed by atoms with van der Waals surface area (Å²) in [5.41, 5.74) is 0.385. The molecule has 2 aromatic heterocycles. The van der Waals surface area contributed by atoms with E-state index in [1.165, 1.54) is 12.0 Å². The monoisotopic (exact) mass is 263 g/mol. The number of aliphatic hydroxyl groups is 1. The number of aromatic amines is 1. The summed E-state index contributed by atoms with van der Waals surface area (Å²) < 4.78 is 0. The smallest absolute Gasteiger partial charge is 0.191 e. The van der Waals surface area contributed by atoms with Gasteiger partial charge in [-0.2, -0.15) is 5.10 Å². The second-order valence-electron chi connectivity index (χ2n) is 5.03. The van der Waals surface area contributed by atoms with Crippen LogP contribution in [0.4, 0.5) is 0 Å². The van der Waals surface area contributed by atoms with Crippen LogP contribution in [-0.4, -0.2) is 20.3 Å². The largest absolute Gasteiger partial charge is 0.382 e. The average Bonchev–Trinajstić information content (AvgIpc) is 2.98. The van der Waals surface area contributed by atoms with Gasteiger partial charge in [0.2, 0.25) is 0 Å². The van der Waals surface area contributed by atoms with Crippen molar-refractivity contribution >= 4 is 11.3 Å². The first-order valence-corrected chi connectivity index (χ1v) is 7.27. The van der Waals surface area contributed by atoms with Crippen LogP contribution in [0.2, 0.25) is 0 Å². The molecule has 0 bridgehead atoms. The van der Waals surface area contributed by atoms with Gasteiger partial charge in [0.05, 0.1) is 4.88 Å². The maximum atomic E-state index is 10.6. The minimum absolute atomic E-state index is 0.630. The molecule has 3 rings (SSSR count). The van der Waals surface area contributed by atoms with Gasteiger partial charge in [-0.25, -0.2) is 4.98 Å². The van der Waals surface area contributed by atoms with E-state index >= 15 is 0 Å². The molecule has 4 nitrogen and oxygen atoms in total. The molecule has 0 atom stereocenters. The average molecular weight is 263 g/mol. The van der Waals surface area contributed by atoms with E-state index in [9.17, 15) is 5.11 Å². The van der Waals surface area contributed by atoms with Crippen LogP contribution in [0.15, 0.2) is 11.4 Å². The number of aryl methyl sites for hydroxylation is 1. The van der Waals surface area contributed by atoms with Gasteiger partial charge < -0.3 is 5.11 Å². The molecule has 1 fully saturated rings. The first-order chi connectivity index (χ1) is 8.69. The molecule has 5 heteroatoms. The fraction of sp³-hybridized carbons (Fsp3) is 0.538. The van der Waals surface area contributed by atoms with Gasteiger partial charge in [-0.15, -0.1) is 11.3 Å². The highest BCUT2D eigenvalue weighted by atomic mass is 32.1. The summed E-state index contributed by atoms with van der Waals surface area (Å²) in [5.74, 6) is 1.33. The number of H-pyrrole nitrogens is 1. The highest BCUT2D eigenvalue weighted by Crippen LogP contribution is 2.36. The van der Waals surface area contributed by atoms with Crippen molar-refractivity contribution in [3.63, 3.8) is 0 Å². The lowest BCUT2D eigenvalue weighted by atomic mass is 9.84. The molecule has 2 aromatic rings. The van der Waals surface area contributed by atoms with Crippen molar-refractivity contribution in [1.82, 2.24) is 15.2 Å². The molecule has 96 valence electrons. The summed E-state index contributed by atoms with van der Waals surface area (Å²) in [6, 6.07) is 2.06. The number of hydrogen-bond donors (Lipinski definition) is 2. The molecule has 1 aliphatic carbocycles. The summed E-state index contributed by atoms with van der Waals surface area (Å²) in [7, 11) is 0. The van der Waals surface area contributed by atoms with Crippen molar-refractivity contribution in [2.24, 2.45) is 0 Å². The normalized spacial score (nSPS) is 19.0. The van der Waals surface area contributed by atoms with Gasteiger partial charge in [-0.05, 0) is 36.8 Å². The number of rotatable bonds is 2. The van der Waals surface area contributed by atoms with Crippen LogP contribution in [0.5, 0.6) is 0 Å². The lowest BCUT2D eigenvalue weighted by Crippen LogP contribution is -2.29. The van der Waals surface area contributed by atoms with Gasteiger partial charge in [0, 0.05) is 0 Å². The van der Waals surface area contributed by atoms with Crippen molar-refractivity contribution < 1.29 is 5.11 Å². The second-order valence-corrected chi connectivity index (χ2v) is 5.95. The molecule has 0 amide bonds. The van der Waals surface area contributed by atoms with Gasteiger partial charge in [0.15, 0.2) is 11.6 Å². The molecule has 0 aromatic carbocycles. The van der Waals surface area contributed by atoms with E-state index in [4.69, 9.17) is 0 Å². The van der Waals surface area contributed by atoms with Crippen LogP contribution < -0.4 is 0 Å². The molecular weight excluding hydrogens is 246 g/mol. The molecule has 0 radical (unpaired) electrons. The minimum Gasteiger partial charge on any atom is -0.382 e. The molecule has 0 saturated heterocycles. The zero-order chi connectivity index (χ0) is 12.6. The molecule has 18 heavy (non-hydrogen) atoms. The Balaban J connectivity index is 1.92. The van der Waals surface area contributed by atoms with E-state index in [0.717, 1.165) is 30.6 Å². The molecule has 1 aliphatic rings. The van der Waals surface area contributed by atoms with Crippen LogP contribution in [0.3, 0.4) is 0 Å². The maximum Gasteiger partial charge on any atom is 0.191 e. The first kappa shape index (κ1) is 11.9. The Bertz CT molecular complexity index is 540. The zero-order valence-corrected chi connectivity index (χ0v) is 11.3. The quantitative estimate of drug-likeness (QED) is 0.875. The van der Waals surface area contributed by atoms with E-state index in [1.54, 1.807) is 11.3 Å². The lowest BCUT2D eigenvalue weighted by Gasteiger charge is -2.29. The predicted octanol–water partition coefficient (Wildman–Crippen LogP) is 2.99. The Morgan fingerprint density at radius 2 is 2.11 bits per heavy atom. The molecular formula is C13H17N3OS. The van der Waals surface area contributed by atoms with E-state index < -0.39 is 5.60 Å². The Hall–Kier alpha value is -1.20. The molecule has 0 aliphatic heterocycles.